The number of rotatable bonds is 5. The third kappa shape index (κ3) is 2.70. The van der Waals surface area contributed by atoms with E-state index in [9.17, 15) is 12.8 Å². The molecule has 4 nitrogen and oxygen atoms in total. The van der Waals surface area contributed by atoms with Crippen LogP contribution in [0.1, 0.15) is 38.7 Å². The molecule has 0 saturated heterocycles. The van der Waals surface area contributed by atoms with E-state index in [-0.39, 0.29) is 16.3 Å². The topological polar surface area (TPSA) is 49.7 Å². The first kappa shape index (κ1) is 15.0. The van der Waals surface area contributed by atoms with E-state index in [0.29, 0.717) is 13.1 Å². The molecule has 2 rings (SSSR count). The molecule has 1 aliphatic heterocycles. The predicted octanol–water partition coefficient (Wildman–Crippen LogP) is 2.79. The van der Waals surface area contributed by atoms with E-state index in [4.69, 9.17) is 0 Å². The highest BCUT2D eigenvalue weighted by atomic mass is 32.2. The van der Waals surface area contributed by atoms with Gasteiger partial charge in [-0.1, -0.05) is 26.3 Å². The zero-order valence-electron chi connectivity index (χ0n) is 11.8. The van der Waals surface area contributed by atoms with Gasteiger partial charge < -0.3 is 4.90 Å². The van der Waals surface area contributed by atoms with Gasteiger partial charge in [0, 0.05) is 13.1 Å². The number of hydrogen-bond acceptors (Lipinski definition) is 3. The van der Waals surface area contributed by atoms with E-state index in [1.807, 2.05) is 11.8 Å². The van der Waals surface area contributed by atoms with Crippen LogP contribution in [0.5, 0.6) is 0 Å². The Morgan fingerprint density at radius 3 is 2.60 bits per heavy atom. The maximum Gasteiger partial charge on any atom is 0.285 e. The van der Waals surface area contributed by atoms with Gasteiger partial charge in [-0.3, -0.25) is 0 Å². The zero-order valence-corrected chi connectivity index (χ0v) is 12.6. The van der Waals surface area contributed by atoms with E-state index in [0.717, 1.165) is 19.3 Å². The van der Waals surface area contributed by atoms with Crippen molar-refractivity contribution < 1.29 is 12.8 Å². The molecule has 110 valence electrons. The second-order valence-corrected chi connectivity index (χ2v) is 6.42. The molecule has 1 aliphatic rings. The van der Waals surface area contributed by atoms with Crippen molar-refractivity contribution in [2.45, 2.75) is 38.0 Å². The highest BCUT2D eigenvalue weighted by molar-refractivity contribution is 7.90. The second-order valence-electron chi connectivity index (χ2n) is 4.84. The molecule has 6 heteroatoms. The van der Waals surface area contributed by atoms with Crippen molar-refractivity contribution in [1.29, 1.82) is 0 Å². The Morgan fingerprint density at radius 1 is 1.20 bits per heavy atom. The van der Waals surface area contributed by atoms with E-state index in [1.54, 1.807) is 0 Å². The van der Waals surface area contributed by atoms with Gasteiger partial charge in [0.05, 0.1) is 5.56 Å². The molecule has 0 fully saturated rings. The monoisotopic (exact) mass is 298 g/mol. The van der Waals surface area contributed by atoms with Crippen molar-refractivity contribution in [3.05, 3.63) is 29.6 Å². The number of benzene rings is 1. The van der Waals surface area contributed by atoms with Crippen LogP contribution in [0, 0.1) is 5.82 Å². The maximum atomic E-state index is 14.0. The summed E-state index contributed by atoms with van der Waals surface area (Å²) in [6.07, 6.45) is 2.76. The van der Waals surface area contributed by atoms with Gasteiger partial charge >= 0.3 is 0 Å². The van der Waals surface area contributed by atoms with Crippen LogP contribution in [0.3, 0.4) is 0 Å². The molecule has 0 aromatic heterocycles. The lowest BCUT2D eigenvalue weighted by Crippen LogP contribution is -2.33. The Kier molecular flexibility index (Phi) is 4.42. The number of halogens is 1. The quantitative estimate of drug-likeness (QED) is 0.840. The molecule has 0 N–H and O–H groups in total. The molecule has 0 bridgehead atoms. The Bertz CT molecular complexity index is 626. The van der Waals surface area contributed by atoms with Gasteiger partial charge in [0.25, 0.3) is 10.0 Å². The minimum atomic E-state index is -3.76. The minimum Gasteiger partial charge on any atom is -0.355 e. The van der Waals surface area contributed by atoms with E-state index in [1.165, 1.54) is 18.2 Å². The summed E-state index contributed by atoms with van der Waals surface area (Å²) in [7, 11) is -3.76. The van der Waals surface area contributed by atoms with Crippen molar-refractivity contribution in [1.82, 2.24) is 4.90 Å². The average molecular weight is 298 g/mol. The Morgan fingerprint density at radius 2 is 1.95 bits per heavy atom. The van der Waals surface area contributed by atoms with Crippen LogP contribution >= 0.6 is 0 Å². The minimum absolute atomic E-state index is 0.0231. The van der Waals surface area contributed by atoms with Crippen LogP contribution < -0.4 is 0 Å². The number of amidine groups is 1. The number of fused-ring (bicyclic) bond motifs is 1. The molecular formula is C14H19FN2O2S. The fourth-order valence-electron chi connectivity index (χ4n) is 2.30. The van der Waals surface area contributed by atoms with Gasteiger partial charge in [-0.05, 0) is 25.0 Å². The summed E-state index contributed by atoms with van der Waals surface area (Å²) in [5.41, 5.74) is 0.122. The van der Waals surface area contributed by atoms with E-state index >= 15 is 0 Å². The summed E-state index contributed by atoms with van der Waals surface area (Å²) in [5, 5.41) is 0. The molecule has 0 radical (unpaired) electrons. The fraction of sp³-hybridized carbons (Fsp3) is 0.500. The van der Waals surface area contributed by atoms with Gasteiger partial charge in [-0.2, -0.15) is 8.42 Å². The van der Waals surface area contributed by atoms with Crippen LogP contribution in [0.2, 0.25) is 0 Å². The van der Waals surface area contributed by atoms with E-state index in [2.05, 4.69) is 11.3 Å². The molecule has 1 heterocycles. The molecular weight excluding hydrogens is 279 g/mol. The standard InChI is InChI=1S/C14H19FN2O2S/c1-3-5-10-17(9-4-2)14-13-11(15)7-6-8-12(13)20(18,19)16-14/h6-8H,3-5,9-10H2,1-2H3. The molecule has 0 unspecified atom stereocenters. The van der Waals surface area contributed by atoms with Crippen LogP contribution in [0.15, 0.2) is 27.5 Å². The second kappa shape index (κ2) is 5.91. The highest BCUT2D eigenvalue weighted by Crippen LogP contribution is 2.29. The van der Waals surface area contributed by atoms with Crippen molar-refractivity contribution in [2.75, 3.05) is 13.1 Å². The van der Waals surface area contributed by atoms with Crippen molar-refractivity contribution in [2.24, 2.45) is 4.40 Å². The third-order valence-corrected chi connectivity index (χ3v) is 4.57. The first-order valence-corrected chi connectivity index (χ1v) is 8.34. The molecule has 0 aliphatic carbocycles. The zero-order chi connectivity index (χ0) is 14.8. The number of hydrogen-bond donors (Lipinski definition) is 0. The predicted molar refractivity (Wildman–Crippen MR) is 76.9 cm³/mol. The van der Waals surface area contributed by atoms with Gasteiger partial charge in [0.2, 0.25) is 0 Å². The van der Waals surface area contributed by atoms with Gasteiger partial charge in [0.15, 0.2) is 5.84 Å². The average Bonchev–Trinajstić information content (AvgIpc) is 2.68. The lowest BCUT2D eigenvalue weighted by atomic mass is 10.1. The van der Waals surface area contributed by atoms with Crippen LogP contribution in [0.4, 0.5) is 4.39 Å². The summed E-state index contributed by atoms with van der Waals surface area (Å²) in [5.74, 6) is -0.270. The van der Waals surface area contributed by atoms with Crippen LogP contribution in [0.25, 0.3) is 0 Å². The Balaban J connectivity index is 2.47. The number of sulfonamides is 1. The Hall–Kier alpha value is -1.43. The summed E-state index contributed by atoms with van der Waals surface area (Å²) < 4.78 is 41.9. The van der Waals surface area contributed by atoms with Gasteiger partial charge in [-0.15, -0.1) is 4.40 Å². The SMILES string of the molecule is CCCCN(CCC)C1=NS(=O)(=O)c2cccc(F)c21. The molecule has 0 atom stereocenters. The highest BCUT2D eigenvalue weighted by Gasteiger charge is 2.34. The molecule has 1 aromatic carbocycles. The summed E-state index contributed by atoms with van der Waals surface area (Å²) in [4.78, 5) is 1.85. The number of unbranched alkanes of at least 4 members (excludes halogenated alkanes) is 1. The van der Waals surface area contributed by atoms with Crippen LogP contribution in [-0.2, 0) is 10.0 Å². The Labute approximate surface area is 119 Å². The maximum absolute atomic E-state index is 14.0. The molecule has 0 saturated carbocycles. The van der Waals surface area contributed by atoms with Crippen molar-refractivity contribution in [3.8, 4) is 0 Å². The van der Waals surface area contributed by atoms with Crippen molar-refractivity contribution >= 4 is 15.9 Å². The molecule has 1 aromatic rings. The number of nitrogens with zero attached hydrogens (tertiary/aromatic N) is 2. The van der Waals surface area contributed by atoms with Crippen molar-refractivity contribution in [3.63, 3.8) is 0 Å². The normalized spacial score (nSPS) is 15.8. The third-order valence-electron chi connectivity index (χ3n) is 3.26. The summed E-state index contributed by atoms with van der Waals surface area (Å²) in [6.45, 7) is 5.42. The lowest BCUT2D eigenvalue weighted by Gasteiger charge is -2.23. The van der Waals surface area contributed by atoms with Gasteiger partial charge in [-0.25, -0.2) is 4.39 Å². The fourth-order valence-corrected chi connectivity index (χ4v) is 3.53. The first-order chi connectivity index (χ1) is 9.51. The first-order valence-electron chi connectivity index (χ1n) is 6.90. The smallest absolute Gasteiger partial charge is 0.285 e. The summed E-state index contributed by atoms with van der Waals surface area (Å²) >= 11 is 0. The molecule has 0 amide bonds. The largest absolute Gasteiger partial charge is 0.355 e. The molecule has 0 spiro atoms. The van der Waals surface area contributed by atoms with Crippen LogP contribution in [-0.4, -0.2) is 32.2 Å². The lowest BCUT2D eigenvalue weighted by molar-refractivity contribution is 0.407. The summed E-state index contributed by atoms with van der Waals surface area (Å²) in [6, 6.07) is 4.09. The van der Waals surface area contributed by atoms with E-state index < -0.39 is 15.8 Å². The molecule has 20 heavy (non-hydrogen) atoms. The van der Waals surface area contributed by atoms with Gasteiger partial charge in [0.1, 0.15) is 10.7 Å².